The normalized spacial score (nSPS) is 16.7. The lowest BCUT2D eigenvalue weighted by Crippen LogP contribution is -2.23. The summed E-state index contributed by atoms with van der Waals surface area (Å²) in [4.78, 5) is 12.7. The minimum atomic E-state index is 0.318. The maximum atomic E-state index is 5.56. The van der Waals surface area contributed by atoms with Crippen molar-refractivity contribution < 1.29 is 4.52 Å². The molecule has 0 amide bonds. The molecule has 0 radical (unpaired) electrons. The van der Waals surface area contributed by atoms with Crippen LogP contribution in [0.5, 0.6) is 0 Å². The summed E-state index contributed by atoms with van der Waals surface area (Å²) in [5, 5.41) is 17.1. The molecule has 1 aliphatic rings. The molecule has 5 heterocycles. The first-order valence-electron chi connectivity index (χ1n) is 11.2. The summed E-state index contributed by atoms with van der Waals surface area (Å²) in [6.07, 6.45) is 6.80. The lowest BCUT2D eigenvalue weighted by molar-refractivity contribution is 0.364. The predicted molar refractivity (Wildman–Crippen MR) is 123 cm³/mol. The van der Waals surface area contributed by atoms with Crippen LogP contribution < -0.4 is 5.32 Å². The molecule has 0 saturated carbocycles. The van der Waals surface area contributed by atoms with E-state index in [4.69, 9.17) is 4.52 Å². The number of aromatic nitrogens is 6. The Hall–Kier alpha value is -3.52. The number of fused-ring (bicyclic) bond motifs is 2. The maximum Gasteiger partial charge on any atom is 0.228 e. The molecule has 3 N–H and O–H groups in total. The summed E-state index contributed by atoms with van der Waals surface area (Å²) in [5.41, 5.74) is 6.28. The van der Waals surface area contributed by atoms with Gasteiger partial charge < -0.3 is 14.8 Å². The van der Waals surface area contributed by atoms with Gasteiger partial charge >= 0.3 is 0 Å². The van der Waals surface area contributed by atoms with Gasteiger partial charge in [-0.3, -0.25) is 5.10 Å². The van der Waals surface area contributed by atoms with Crippen molar-refractivity contribution in [2.75, 3.05) is 6.54 Å². The van der Waals surface area contributed by atoms with Crippen LogP contribution in [0.3, 0.4) is 0 Å². The van der Waals surface area contributed by atoms with E-state index in [1.54, 1.807) is 0 Å². The molecule has 8 heteroatoms. The van der Waals surface area contributed by atoms with E-state index < -0.39 is 0 Å². The molecule has 1 unspecified atom stereocenters. The number of rotatable bonds is 5. The molecule has 8 nitrogen and oxygen atoms in total. The quantitative estimate of drug-likeness (QED) is 0.379. The van der Waals surface area contributed by atoms with Gasteiger partial charge in [0.15, 0.2) is 5.65 Å². The van der Waals surface area contributed by atoms with Crippen LogP contribution in [-0.2, 0) is 6.42 Å². The van der Waals surface area contributed by atoms with E-state index in [0.717, 1.165) is 52.8 Å². The van der Waals surface area contributed by atoms with Crippen LogP contribution in [0, 0.1) is 0 Å². The second-order valence-electron chi connectivity index (χ2n) is 8.83. The number of hydrogen-bond acceptors (Lipinski definition) is 6. The zero-order valence-corrected chi connectivity index (χ0v) is 18.1. The molecule has 4 aromatic heterocycles. The highest BCUT2D eigenvalue weighted by Crippen LogP contribution is 2.39. The first-order chi connectivity index (χ1) is 15.7. The van der Waals surface area contributed by atoms with Gasteiger partial charge in [0.25, 0.3) is 0 Å². The molecule has 0 aliphatic carbocycles. The van der Waals surface area contributed by atoms with Crippen molar-refractivity contribution >= 4 is 21.9 Å². The van der Waals surface area contributed by atoms with Crippen molar-refractivity contribution in [2.24, 2.45) is 0 Å². The highest BCUT2D eigenvalue weighted by Gasteiger charge is 2.21. The van der Waals surface area contributed by atoms with E-state index in [1.165, 1.54) is 17.4 Å². The lowest BCUT2D eigenvalue weighted by atomic mass is 9.95. The largest absolute Gasteiger partial charge is 0.354 e. The Morgan fingerprint density at radius 1 is 1.19 bits per heavy atom. The Morgan fingerprint density at radius 3 is 2.97 bits per heavy atom. The topological polar surface area (TPSA) is 108 Å². The second-order valence-corrected chi connectivity index (χ2v) is 8.83. The van der Waals surface area contributed by atoms with E-state index in [9.17, 15) is 0 Å². The Balaban J connectivity index is 1.43. The fourth-order valence-electron chi connectivity index (χ4n) is 4.83. The van der Waals surface area contributed by atoms with Crippen LogP contribution in [0.25, 0.3) is 44.6 Å². The number of hydrogen-bond donors (Lipinski definition) is 3. The van der Waals surface area contributed by atoms with Gasteiger partial charge in [0.2, 0.25) is 11.7 Å². The van der Waals surface area contributed by atoms with Crippen molar-refractivity contribution in [3.8, 4) is 22.6 Å². The number of aromatic amines is 2. The molecule has 162 valence electrons. The van der Waals surface area contributed by atoms with Crippen molar-refractivity contribution in [1.29, 1.82) is 0 Å². The van der Waals surface area contributed by atoms with Crippen LogP contribution in [0.2, 0.25) is 0 Å². The fourth-order valence-corrected chi connectivity index (χ4v) is 4.83. The summed E-state index contributed by atoms with van der Waals surface area (Å²) < 4.78 is 5.56. The maximum absolute atomic E-state index is 5.56. The Labute approximate surface area is 184 Å². The smallest absolute Gasteiger partial charge is 0.228 e. The molecule has 1 saturated heterocycles. The number of H-pyrrole nitrogens is 2. The number of nitrogens with zero attached hydrogens (tertiary/aromatic N) is 4. The van der Waals surface area contributed by atoms with Gasteiger partial charge in [0.05, 0.1) is 11.9 Å². The molecular weight excluding hydrogens is 402 g/mol. The van der Waals surface area contributed by atoms with Gasteiger partial charge in [-0.1, -0.05) is 19.0 Å². The molecule has 1 aromatic carbocycles. The Morgan fingerprint density at radius 2 is 2.12 bits per heavy atom. The zero-order chi connectivity index (χ0) is 21.7. The van der Waals surface area contributed by atoms with Crippen LogP contribution in [0.15, 0.2) is 41.2 Å². The lowest BCUT2D eigenvalue weighted by Gasteiger charge is -2.09. The Bertz CT molecular complexity index is 1400. The summed E-state index contributed by atoms with van der Waals surface area (Å²) >= 11 is 0. The molecule has 0 bridgehead atoms. The number of pyridine rings is 1. The van der Waals surface area contributed by atoms with Gasteiger partial charge in [0.1, 0.15) is 0 Å². The number of benzene rings is 1. The third-order valence-electron chi connectivity index (χ3n) is 6.35. The first kappa shape index (κ1) is 19.2. The standard InChI is InChI=1S/C24H25N7O/c1-13(2)21-17-10-14(23-29-20(32-31-23)11-15-4-3-8-25-15)5-6-19(17)28-22(21)16-7-9-26-24-18(16)12-27-30-24/h5-7,9-10,12-13,15,25,28H,3-4,8,11H2,1-2H3,(H,26,27,30). The van der Waals surface area contributed by atoms with E-state index in [1.807, 2.05) is 18.5 Å². The zero-order valence-electron chi connectivity index (χ0n) is 18.1. The van der Waals surface area contributed by atoms with E-state index in [-0.39, 0.29) is 0 Å². The van der Waals surface area contributed by atoms with E-state index in [2.05, 4.69) is 67.7 Å². The molecule has 32 heavy (non-hydrogen) atoms. The highest BCUT2D eigenvalue weighted by molar-refractivity contribution is 5.99. The Kier molecular flexibility index (Phi) is 4.53. The van der Waals surface area contributed by atoms with Crippen molar-refractivity contribution in [3.63, 3.8) is 0 Å². The van der Waals surface area contributed by atoms with Crippen LogP contribution in [-0.4, -0.2) is 42.9 Å². The molecule has 1 aliphatic heterocycles. The third-order valence-corrected chi connectivity index (χ3v) is 6.35. The summed E-state index contributed by atoms with van der Waals surface area (Å²) in [6, 6.07) is 8.79. The first-order valence-corrected chi connectivity index (χ1v) is 11.2. The van der Waals surface area contributed by atoms with Crippen LogP contribution >= 0.6 is 0 Å². The fraction of sp³-hybridized carbons (Fsp3) is 0.333. The predicted octanol–water partition coefficient (Wildman–Crippen LogP) is 4.57. The molecule has 6 rings (SSSR count). The molecule has 5 aromatic rings. The van der Waals surface area contributed by atoms with Gasteiger partial charge in [-0.2, -0.15) is 10.1 Å². The van der Waals surface area contributed by atoms with Gasteiger partial charge in [0, 0.05) is 46.1 Å². The van der Waals surface area contributed by atoms with E-state index in [0.29, 0.717) is 23.7 Å². The molecule has 1 atom stereocenters. The summed E-state index contributed by atoms with van der Waals surface area (Å²) in [6.45, 7) is 5.50. The highest BCUT2D eigenvalue weighted by atomic mass is 16.5. The molecular formula is C24H25N7O. The summed E-state index contributed by atoms with van der Waals surface area (Å²) in [7, 11) is 0. The molecule has 0 spiro atoms. The third kappa shape index (κ3) is 3.18. The van der Waals surface area contributed by atoms with Crippen molar-refractivity contribution in [1.82, 2.24) is 35.6 Å². The minimum Gasteiger partial charge on any atom is -0.354 e. The number of nitrogens with one attached hydrogen (secondary N) is 3. The monoisotopic (exact) mass is 427 g/mol. The van der Waals surface area contributed by atoms with Crippen molar-refractivity contribution in [3.05, 3.63) is 48.1 Å². The minimum absolute atomic E-state index is 0.318. The molecule has 1 fully saturated rings. The van der Waals surface area contributed by atoms with Gasteiger partial charge in [-0.15, -0.1) is 0 Å². The van der Waals surface area contributed by atoms with Crippen LogP contribution in [0.4, 0.5) is 0 Å². The van der Waals surface area contributed by atoms with E-state index >= 15 is 0 Å². The SMILES string of the molecule is CC(C)c1c(-c2ccnc3[nH]ncc23)[nH]c2ccc(-c3noc(CC4CCCN4)n3)cc12. The van der Waals surface area contributed by atoms with Gasteiger partial charge in [-0.05, 0) is 55.1 Å². The average Bonchev–Trinajstić information content (AvgIpc) is 3.58. The van der Waals surface area contributed by atoms with Gasteiger partial charge in [-0.25, -0.2) is 4.98 Å². The summed E-state index contributed by atoms with van der Waals surface area (Å²) in [5.74, 6) is 1.65. The second kappa shape index (κ2) is 7.56. The van der Waals surface area contributed by atoms with Crippen molar-refractivity contribution in [2.45, 2.75) is 45.1 Å². The van der Waals surface area contributed by atoms with Crippen LogP contribution in [0.1, 0.15) is 44.1 Å². The average molecular weight is 428 g/mol.